The molecule has 0 aromatic carbocycles. The van der Waals surface area contributed by atoms with Crippen LogP contribution in [0.1, 0.15) is 39.5 Å². The molecule has 0 amide bonds. The van der Waals surface area contributed by atoms with Crippen LogP contribution in [0.5, 0.6) is 0 Å². The second kappa shape index (κ2) is 3.61. The quantitative estimate of drug-likeness (QED) is 0.543. The molecule has 0 nitrogen and oxygen atoms in total. The zero-order valence-corrected chi connectivity index (χ0v) is 7.69. The minimum atomic E-state index is 0.442. The molecular formula is C9H17Cl. The summed E-state index contributed by atoms with van der Waals surface area (Å²) in [6.45, 7) is 4.52. The van der Waals surface area contributed by atoms with Crippen LogP contribution in [0.4, 0.5) is 0 Å². The summed E-state index contributed by atoms with van der Waals surface area (Å²) in [7, 11) is 0. The molecule has 60 valence electrons. The molecule has 1 saturated carbocycles. The first-order chi connectivity index (χ1) is 4.75. The highest BCUT2D eigenvalue weighted by molar-refractivity contribution is 6.20. The predicted octanol–water partition coefficient (Wildman–Crippen LogP) is 3.44. The minimum Gasteiger partial charge on any atom is -0.123 e. The van der Waals surface area contributed by atoms with E-state index >= 15 is 0 Å². The predicted molar refractivity (Wildman–Crippen MR) is 46.4 cm³/mol. The molecule has 1 rings (SSSR count). The Morgan fingerprint density at radius 2 is 2.20 bits per heavy atom. The fourth-order valence-corrected chi connectivity index (χ4v) is 2.39. The van der Waals surface area contributed by atoms with Crippen molar-refractivity contribution in [2.75, 3.05) is 0 Å². The summed E-state index contributed by atoms with van der Waals surface area (Å²) in [5.74, 6) is 1.69. The van der Waals surface area contributed by atoms with Crippen molar-refractivity contribution in [3.05, 3.63) is 0 Å². The van der Waals surface area contributed by atoms with Gasteiger partial charge < -0.3 is 0 Å². The summed E-state index contributed by atoms with van der Waals surface area (Å²) in [4.78, 5) is 0. The number of alkyl halides is 1. The van der Waals surface area contributed by atoms with Crippen molar-refractivity contribution in [2.45, 2.75) is 44.9 Å². The molecule has 1 fully saturated rings. The van der Waals surface area contributed by atoms with E-state index in [0.29, 0.717) is 5.38 Å². The lowest BCUT2D eigenvalue weighted by atomic mass is 9.93. The molecule has 0 aliphatic heterocycles. The largest absolute Gasteiger partial charge is 0.123 e. The van der Waals surface area contributed by atoms with Crippen LogP contribution in [0.25, 0.3) is 0 Å². The van der Waals surface area contributed by atoms with Gasteiger partial charge in [-0.15, -0.1) is 11.6 Å². The third kappa shape index (κ3) is 1.66. The van der Waals surface area contributed by atoms with Crippen molar-refractivity contribution >= 4 is 11.6 Å². The highest BCUT2D eigenvalue weighted by Gasteiger charge is 2.28. The molecule has 3 unspecified atom stereocenters. The van der Waals surface area contributed by atoms with Crippen LogP contribution in [0.15, 0.2) is 0 Å². The van der Waals surface area contributed by atoms with Gasteiger partial charge in [0.25, 0.3) is 0 Å². The standard InChI is InChI=1S/C9H17Cl/c1-3-9(10)8-6-4-5-7(8)2/h7-9H,3-6H2,1-2H3. The molecule has 1 heteroatoms. The second-order valence-corrected chi connectivity index (χ2v) is 4.06. The van der Waals surface area contributed by atoms with Crippen LogP contribution in [0.3, 0.4) is 0 Å². The van der Waals surface area contributed by atoms with E-state index in [-0.39, 0.29) is 0 Å². The lowest BCUT2D eigenvalue weighted by Gasteiger charge is -2.19. The monoisotopic (exact) mass is 160 g/mol. The van der Waals surface area contributed by atoms with Gasteiger partial charge in [0.15, 0.2) is 0 Å². The van der Waals surface area contributed by atoms with Crippen LogP contribution in [0.2, 0.25) is 0 Å². The Balaban J connectivity index is 2.38. The molecule has 0 radical (unpaired) electrons. The number of hydrogen-bond acceptors (Lipinski definition) is 0. The van der Waals surface area contributed by atoms with Gasteiger partial charge in [0, 0.05) is 5.38 Å². The Morgan fingerprint density at radius 1 is 1.50 bits per heavy atom. The van der Waals surface area contributed by atoms with Crippen LogP contribution in [0, 0.1) is 11.8 Å². The Bertz CT molecular complexity index is 101. The average molecular weight is 161 g/mol. The Labute approximate surface area is 69.0 Å². The SMILES string of the molecule is CCC(Cl)C1CCCC1C. The minimum absolute atomic E-state index is 0.442. The first kappa shape index (κ1) is 8.39. The zero-order valence-electron chi connectivity index (χ0n) is 6.94. The highest BCUT2D eigenvalue weighted by atomic mass is 35.5. The molecular weight excluding hydrogens is 144 g/mol. The van der Waals surface area contributed by atoms with Gasteiger partial charge in [-0.3, -0.25) is 0 Å². The fourth-order valence-electron chi connectivity index (χ4n) is 2.01. The van der Waals surface area contributed by atoms with E-state index in [1.807, 2.05) is 0 Å². The van der Waals surface area contributed by atoms with E-state index < -0.39 is 0 Å². The topological polar surface area (TPSA) is 0 Å². The third-order valence-electron chi connectivity index (χ3n) is 2.78. The van der Waals surface area contributed by atoms with Gasteiger partial charge in [-0.2, -0.15) is 0 Å². The van der Waals surface area contributed by atoms with E-state index in [4.69, 9.17) is 11.6 Å². The van der Waals surface area contributed by atoms with Crippen molar-refractivity contribution in [1.82, 2.24) is 0 Å². The van der Waals surface area contributed by atoms with Crippen LogP contribution in [-0.4, -0.2) is 5.38 Å². The number of rotatable bonds is 2. The van der Waals surface area contributed by atoms with Gasteiger partial charge in [-0.1, -0.05) is 26.7 Å². The normalized spacial score (nSPS) is 36.3. The molecule has 0 spiro atoms. The molecule has 0 saturated heterocycles. The molecule has 0 bridgehead atoms. The fraction of sp³-hybridized carbons (Fsp3) is 1.00. The van der Waals surface area contributed by atoms with Crippen molar-refractivity contribution in [3.8, 4) is 0 Å². The lowest BCUT2D eigenvalue weighted by Crippen LogP contribution is -2.16. The maximum atomic E-state index is 6.17. The molecule has 0 heterocycles. The molecule has 1 aliphatic rings. The van der Waals surface area contributed by atoms with Gasteiger partial charge in [0.2, 0.25) is 0 Å². The molecule has 0 aromatic heterocycles. The summed E-state index contributed by atoms with van der Waals surface area (Å²) >= 11 is 6.17. The Hall–Kier alpha value is 0.290. The Kier molecular flexibility index (Phi) is 3.03. The average Bonchev–Trinajstić information content (AvgIpc) is 2.34. The summed E-state index contributed by atoms with van der Waals surface area (Å²) in [5, 5.41) is 0.442. The van der Waals surface area contributed by atoms with Crippen molar-refractivity contribution in [2.24, 2.45) is 11.8 Å². The van der Waals surface area contributed by atoms with Gasteiger partial charge in [-0.05, 0) is 24.7 Å². The van der Waals surface area contributed by atoms with Gasteiger partial charge in [0.1, 0.15) is 0 Å². The summed E-state index contributed by atoms with van der Waals surface area (Å²) in [5.41, 5.74) is 0. The van der Waals surface area contributed by atoms with Gasteiger partial charge in [-0.25, -0.2) is 0 Å². The van der Waals surface area contributed by atoms with Gasteiger partial charge >= 0.3 is 0 Å². The zero-order chi connectivity index (χ0) is 7.56. The van der Waals surface area contributed by atoms with Crippen LogP contribution < -0.4 is 0 Å². The number of halogens is 1. The number of hydrogen-bond donors (Lipinski definition) is 0. The van der Waals surface area contributed by atoms with E-state index in [1.165, 1.54) is 19.3 Å². The van der Waals surface area contributed by atoms with Crippen molar-refractivity contribution < 1.29 is 0 Å². The lowest BCUT2D eigenvalue weighted by molar-refractivity contribution is 0.394. The molecule has 3 atom stereocenters. The molecule has 0 aromatic rings. The third-order valence-corrected chi connectivity index (χ3v) is 3.41. The van der Waals surface area contributed by atoms with E-state index in [9.17, 15) is 0 Å². The van der Waals surface area contributed by atoms with Crippen molar-refractivity contribution in [3.63, 3.8) is 0 Å². The Morgan fingerprint density at radius 3 is 2.60 bits per heavy atom. The first-order valence-corrected chi connectivity index (χ1v) is 4.83. The summed E-state index contributed by atoms with van der Waals surface area (Å²) < 4.78 is 0. The molecule has 0 N–H and O–H groups in total. The summed E-state index contributed by atoms with van der Waals surface area (Å²) in [6, 6.07) is 0. The maximum Gasteiger partial charge on any atom is 0.0364 e. The van der Waals surface area contributed by atoms with E-state index in [2.05, 4.69) is 13.8 Å². The van der Waals surface area contributed by atoms with Crippen LogP contribution >= 0.6 is 11.6 Å². The van der Waals surface area contributed by atoms with Gasteiger partial charge in [0.05, 0.1) is 0 Å². The van der Waals surface area contributed by atoms with Crippen molar-refractivity contribution in [1.29, 1.82) is 0 Å². The smallest absolute Gasteiger partial charge is 0.0364 e. The van der Waals surface area contributed by atoms with E-state index in [1.54, 1.807) is 0 Å². The molecule has 1 aliphatic carbocycles. The van der Waals surface area contributed by atoms with Crippen LogP contribution in [-0.2, 0) is 0 Å². The van der Waals surface area contributed by atoms with E-state index in [0.717, 1.165) is 18.3 Å². The maximum absolute atomic E-state index is 6.17. The summed E-state index contributed by atoms with van der Waals surface area (Å²) in [6.07, 6.45) is 5.29. The highest BCUT2D eigenvalue weighted by Crippen LogP contribution is 2.36. The first-order valence-electron chi connectivity index (χ1n) is 4.39. The molecule has 10 heavy (non-hydrogen) atoms. The second-order valence-electron chi connectivity index (χ2n) is 3.50.